The highest BCUT2D eigenvalue weighted by molar-refractivity contribution is 5.46. The molecule has 1 unspecified atom stereocenters. The highest BCUT2D eigenvalue weighted by Gasteiger charge is 2.27. The minimum atomic E-state index is 0.279. The molecule has 2 rings (SSSR count). The third-order valence-electron chi connectivity index (χ3n) is 3.06. The Kier molecular flexibility index (Phi) is 4.36. The zero-order chi connectivity index (χ0) is 13.0. The molecule has 18 heavy (non-hydrogen) atoms. The molecular formula is C13H22N4O. The minimum Gasteiger partial charge on any atom is -0.384 e. The van der Waals surface area contributed by atoms with Crippen LogP contribution < -0.4 is 11.1 Å². The van der Waals surface area contributed by atoms with Gasteiger partial charge in [0.15, 0.2) is 0 Å². The molecule has 1 fully saturated rings. The van der Waals surface area contributed by atoms with Gasteiger partial charge in [-0.3, -0.25) is 0 Å². The van der Waals surface area contributed by atoms with Crippen molar-refractivity contribution in [3.8, 4) is 0 Å². The summed E-state index contributed by atoms with van der Waals surface area (Å²) in [5, 5.41) is 3.39. The second-order valence-electron chi connectivity index (χ2n) is 4.90. The zero-order valence-electron chi connectivity index (χ0n) is 11.1. The molecule has 0 spiro atoms. The Bertz CT molecular complexity index is 387. The first-order valence-corrected chi connectivity index (χ1v) is 6.62. The van der Waals surface area contributed by atoms with Crippen molar-refractivity contribution < 1.29 is 4.74 Å². The van der Waals surface area contributed by atoms with E-state index in [0.29, 0.717) is 18.3 Å². The van der Waals surface area contributed by atoms with Gasteiger partial charge in [-0.15, -0.1) is 0 Å². The Morgan fingerprint density at radius 1 is 1.50 bits per heavy atom. The van der Waals surface area contributed by atoms with Gasteiger partial charge >= 0.3 is 0 Å². The van der Waals surface area contributed by atoms with E-state index in [0.717, 1.165) is 24.5 Å². The van der Waals surface area contributed by atoms with Gasteiger partial charge in [0.05, 0.1) is 12.6 Å². The predicted molar refractivity (Wildman–Crippen MR) is 72.6 cm³/mol. The summed E-state index contributed by atoms with van der Waals surface area (Å²) < 4.78 is 5.21. The van der Waals surface area contributed by atoms with Gasteiger partial charge in [-0.2, -0.15) is 0 Å². The summed E-state index contributed by atoms with van der Waals surface area (Å²) in [6, 6.07) is 2.07. The Morgan fingerprint density at radius 2 is 2.28 bits per heavy atom. The molecule has 100 valence electrons. The molecule has 1 heterocycles. The van der Waals surface area contributed by atoms with E-state index < -0.39 is 0 Å². The maximum absolute atomic E-state index is 5.83. The number of ether oxygens (including phenoxy) is 1. The second-order valence-corrected chi connectivity index (χ2v) is 4.90. The summed E-state index contributed by atoms with van der Waals surface area (Å²) in [6.07, 6.45) is 4.52. The van der Waals surface area contributed by atoms with Gasteiger partial charge in [-0.25, -0.2) is 9.97 Å². The molecule has 1 aromatic heterocycles. The lowest BCUT2D eigenvalue weighted by atomic mass is 10.2. The number of nitrogens with one attached hydrogen (secondary N) is 1. The Balaban J connectivity index is 2.06. The molecule has 0 amide bonds. The van der Waals surface area contributed by atoms with Crippen LogP contribution in [0.1, 0.15) is 44.3 Å². The monoisotopic (exact) mass is 250 g/mol. The molecule has 0 bridgehead atoms. The number of hydrogen-bond acceptors (Lipinski definition) is 5. The molecule has 0 aromatic carbocycles. The average Bonchev–Trinajstić information content (AvgIpc) is 3.12. The fourth-order valence-corrected chi connectivity index (χ4v) is 2.04. The third kappa shape index (κ3) is 3.57. The van der Waals surface area contributed by atoms with Gasteiger partial charge in [0.25, 0.3) is 0 Å². The molecule has 0 radical (unpaired) electrons. The normalized spacial score (nSPS) is 16.6. The molecular weight excluding hydrogens is 228 g/mol. The molecule has 1 aliphatic carbocycles. The van der Waals surface area contributed by atoms with E-state index in [9.17, 15) is 0 Å². The molecule has 5 nitrogen and oxygen atoms in total. The van der Waals surface area contributed by atoms with Crippen molar-refractivity contribution in [3.05, 3.63) is 11.9 Å². The van der Waals surface area contributed by atoms with Crippen LogP contribution in [0, 0.1) is 0 Å². The maximum atomic E-state index is 5.83. The number of rotatable bonds is 7. The number of methoxy groups -OCH3 is 1. The van der Waals surface area contributed by atoms with Crippen molar-refractivity contribution in [2.45, 2.75) is 44.6 Å². The Labute approximate surface area is 108 Å². The van der Waals surface area contributed by atoms with Gasteiger partial charge in [0.1, 0.15) is 17.5 Å². The van der Waals surface area contributed by atoms with Crippen LogP contribution in [0.5, 0.6) is 0 Å². The van der Waals surface area contributed by atoms with Crippen LogP contribution in [0.3, 0.4) is 0 Å². The molecule has 1 saturated carbocycles. The van der Waals surface area contributed by atoms with Crippen LogP contribution >= 0.6 is 0 Å². The first kappa shape index (κ1) is 13.1. The highest BCUT2D eigenvalue weighted by atomic mass is 16.5. The number of nitrogen functional groups attached to an aromatic ring is 1. The van der Waals surface area contributed by atoms with Gasteiger partial charge in [0.2, 0.25) is 0 Å². The summed E-state index contributed by atoms with van der Waals surface area (Å²) in [5.74, 6) is 2.76. The SMILES string of the molecule is CCCC(COC)Nc1cc(N)nc(C2CC2)n1. The largest absolute Gasteiger partial charge is 0.384 e. The summed E-state index contributed by atoms with van der Waals surface area (Å²) in [7, 11) is 1.72. The van der Waals surface area contributed by atoms with E-state index >= 15 is 0 Å². The van der Waals surface area contributed by atoms with Gasteiger partial charge in [0, 0.05) is 19.1 Å². The van der Waals surface area contributed by atoms with Gasteiger partial charge in [-0.1, -0.05) is 13.3 Å². The molecule has 0 saturated heterocycles. The Hall–Kier alpha value is -1.36. The van der Waals surface area contributed by atoms with E-state index in [1.54, 1.807) is 13.2 Å². The van der Waals surface area contributed by atoms with E-state index in [4.69, 9.17) is 10.5 Å². The average molecular weight is 250 g/mol. The molecule has 3 N–H and O–H groups in total. The number of nitrogens with zero attached hydrogens (tertiary/aromatic N) is 2. The van der Waals surface area contributed by atoms with E-state index in [2.05, 4.69) is 22.2 Å². The van der Waals surface area contributed by atoms with E-state index in [-0.39, 0.29) is 6.04 Å². The summed E-state index contributed by atoms with van der Waals surface area (Å²) >= 11 is 0. The van der Waals surface area contributed by atoms with Crippen LogP contribution in [0.15, 0.2) is 6.07 Å². The quantitative estimate of drug-likeness (QED) is 0.775. The van der Waals surface area contributed by atoms with Crippen molar-refractivity contribution in [1.82, 2.24) is 9.97 Å². The summed E-state index contributed by atoms with van der Waals surface area (Å²) in [5.41, 5.74) is 5.83. The van der Waals surface area contributed by atoms with Crippen molar-refractivity contribution in [2.75, 3.05) is 24.8 Å². The zero-order valence-corrected chi connectivity index (χ0v) is 11.1. The van der Waals surface area contributed by atoms with E-state index in [1.165, 1.54) is 12.8 Å². The maximum Gasteiger partial charge on any atom is 0.136 e. The highest BCUT2D eigenvalue weighted by Crippen LogP contribution is 2.38. The lowest BCUT2D eigenvalue weighted by Crippen LogP contribution is -2.25. The van der Waals surface area contributed by atoms with Crippen LogP contribution in [0.2, 0.25) is 0 Å². The molecule has 1 aliphatic rings. The number of aromatic nitrogens is 2. The van der Waals surface area contributed by atoms with Crippen LogP contribution in [-0.2, 0) is 4.74 Å². The standard InChI is InChI=1S/C13H22N4O/c1-3-4-10(8-18-2)15-12-7-11(14)16-13(17-12)9-5-6-9/h7,9-10H,3-6,8H2,1-2H3,(H3,14,15,16,17). The van der Waals surface area contributed by atoms with Crippen molar-refractivity contribution in [1.29, 1.82) is 0 Å². The molecule has 5 heteroatoms. The molecule has 0 aliphatic heterocycles. The van der Waals surface area contributed by atoms with Crippen LogP contribution in [0.25, 0.3) is 0 Å². The summed E-state index contributed by atoms with van der Waals surface area (Å²) in [6.45, 7) is 2.84. The van der Waals surface area contributed by atoms with Crippen molar-refractivity contribution in [3.63, 3.8) is 0 Å². The number of anilines is 2. The van der Waals surface area contributed by atoms with Gasteiger partial charge in [-0.05, 0) is 19.3 Å². The van der Waals surface area contributed by atoms with E-state index in [1.807, 2.05) is 0 Å². The first-order valence-electron chi connectivity index (χ1n) is 6.62. The minimum absolute atomic E-state index is 0.279. The van der Waals surface area contributed by atoms with Crippen molar-refractivity contribution in [2.24, 2.45) is 0 Å². The molecule has 1 aromatic rings. The van der Waals surface area contributed by atoms with Crippen LogP contribution in [-0.4, -0.2) is 29.7 Å². The fourth-order valence-electron chi connectivity index (χ4n) is 2.04. The second kappa shape index (κ2) is 6.00. The first-order chi connectivity index (χ1) is 8.72. The number of hydrogen-bond donors (Lipinski definition) is 2. The fraction of sp³-hybridized carbons (Fsp3) is 0.692. The van der Waals surface area contributed by atoms with Crippen LogP contribution in [0.4, 0.5) is 11.6 Å². The van der Waals surface area contributed by atoms with Crippen molar-refractivity contribution >= 4 is 11.6 Å². The smallest absolute Gasteiger partial charge is 0.136 e. The van der Waals surface area contributed by atoms with Gasteiger partial charge < -0.3 is 15.8 Å². The number of nitrogens with two attached hydrogens (primary N) is 1. The Morgan fingerprint density at radius 3 is 2.89 bits per heavy atom. The lowest BCUT2D eigenvalue weighted by molar-refractivity contribution is 0.182. The lowest BCUT2D eigenvalue weighted by Gasteiger charge is -2.18. The predicted octanol–water partition coefficient (Wildman–Crippen LogP) is 2.16. The summed E-state index contributed by atoms with van der Waals surface area (Å²) in [4.78, 5) is 8.83. The molecule has 1 atom stereocenters. The third-order valence-corrected chi connectivity index (χ3v) is 3.06. The topological polar surface area (TPSA) is 73.1 Å².